The van der Waals surface area contributed by atoms with Crippen LogP contribution in [0.4, 0.5) is 0 Å². The Labute approximate surface area is 172 Å². The van der Waals surface area contributed by atoms with E-state index in [1.807, 2.05) is 0 Å². The molecule has 0 fully saturated rings. The van der Waals surface area contributed by atoms with Gasteiger partial charge in [-0.15, -0.1) is 0 Å². The van der Waals surface area contributed by atoms with Crippen molar-refractivity contribution in [2.45, 2.75) is 31.7 Å². The molecule has 1 heterocycles. The van der Waals surface area contributed by atoms with Gasteiger partial charge in [0.15, 0.2) is 6.67 Å². The first-order chi connectivity index (χ1) is 14.2. The van der Waals surface area contributed by atoms with Gasteiger partial charge in [-0.1, -0.05) is 98.8 Å². The van der Waals surface area contributed by atoms with Crippen LogP contribution >= 0.6 is 0 Å². The second-order valence-electron chi connectivity index (χ2n) is 7.92. The number of rotatable bonds is 4. The largest absolute Gasteiger partial charge is 0.278 e. The van der Waals surface area contributed by atoms with Crippen molar-refractivity contribution in [2.24, 2.45) is 4.99 Å². The van der Waals surface area contributed by atoms with E-state index in [1.165, 1.54) is 32.7 Å². The van der Waals surface area contributed by atoms with E-state index >= 15 is 0 Å². The van der Waals surface area contributed by atoms with Crippen LogP contribution in [0.3, 0.4) is 0 Å². The van der Waals surface area contributed by atoms with Crippen molar-refractivity contribution >= 4 is 27.3 Å². The third-order valence-corrected chi connectivity index (χ3v) is 6.27. The average molecular weight is 377 g/mol. The average Bonchev–Trinajstić information content (AvgIpc) is 3.27. The van der Waals surface area contributed by atoms with E-state index in [0.717, 1.165) is 5.71 Å². The van der Waals surface area contributed by atoms with Gasteiger partial charge in [-0.25, -0.2) is 0 Å². The van der Waals surface area contributed by atoms with Crippen LogP contribution in [0, 0.1) is 6.67 Å². The number of hydrogen-bond donors (Lipinski definition) is 1. The molecule has 2 radical (unpaired) electrons. The molecule has 5 rings (SSSR count). The first kappa shape index (κ1) is 18.1. The summed E-state index contributed by atoms with van der Waals surface area (Å²) in [6.45, 7) is 7.61. The zero-order valence-corrected chi connectivity index (χ0v) is 16.8. The molecular weight excluding hydrogens is 352 g/mol. The smallest absolute Gasteiger partial charge is 0.196 e. The Kier molecular flexibility index (Phi) is 4.65. The zero-order valence-electron chi connectivity index (χ0n) is 16.8. The molecule has 3 atom stereocenters. The van der Waals surface area contributed by atoms with Crippen LogP contribution in [0.25, 0.3) is 21.5 Å². The highest BCUT2D eigenvalue weighted by Crippen LogP contribution is 2.34. The zero-order chi connectivity index (χ0) is 19.8. The molecule has 29 heavy (non-hydrogen) atoms. The summed E-state index contributed by atoms with van der Waals surface area (Å²) >= 11 is 0. The lowest BCUT2D eigenvalue weighted by Gasteiger charge is -2.26. The van der Waals surface area contributed by atoms with Crippen LogP contribution < -0.4 is 5.32 Å². The van der Waals surface area contributed by atoms with Crippen molar-refractivity contribution in [2.75, 3.05) is 0 Å². The van der Waals surface area contributed by atoms with Crippen molar-refractivity contribution in [1.82, 2.24) is 5.32 Å². The van der Waals surface area contributed by atoms with Gasteiger partial charge in [-0.3, -0.25) is 10.3 Å². The van der Waals surface area contributed by atoms with Gasteiger partial charge >= 0.3 is 0 Å². The lowest BCUT2D eigenvalue weighted by atomic mass is 9.81. The molecule has 0 amide bonds. The molecule has 0 saturated heterocycles. The third-order valence-electron chi connectivity index (χ3n) is 6.27. The van der Waals surface area contributed by atoms with E-state index in [4.69, 9.17) is 0 Å². The maximum absolute atomic E-state index is 4.68. The van der Waals surface area contributed by atoms with Gasteiger partial charge in [-0.2, -0.15) is 0 Å². The molecule has 142 valence electrons. The normalized spacial score (nSPS) is 18.7. The first-order valence-electron chi connectivity index (χ1n) is 10.3. The molecule has 0 saturated carbocycles. The molecule has 4 aromatic carbocycles. The third kappa shape index (κ3) is 3.14. The Morgan fingerprint density at radius 3 is 1.97 bits per heavy atom. The number of hydrogen-bond acceptors (Lipinski definition) is 2. The topological polar surface area (TPSA) is 24.4 Å². The van der Waals surface area contributed by atoms with E-state index in [0.29, 0.717) is 0 Å². The summed E-state index contributed by atoms with van der Waals surface area (Å²) in [7, 11) is 0. The second-order valence-corrected chi connectivity index (χ2v) is 7.92. The van der Waals surface area contributed by atoms with Crippen LogP contribution in [0.15, 0.2) is 89.9 Å². The fraction of sp³-hybridized carbons (Fsp3) is 0.185. The predicted octanol–water partition coefficient (Wildman–Crippen LogP) is 6.31. The molecule has 1 aliphatic rings. The van der Waals surface area contributed by atoms with E-state index in [9.17, 15) is 0 Å². The summed E-state index contributed by atoms with van der Waals surface area (Å²) in [5, 5.41) is 8.58. The van der Waals surface area contributed by atoms with Crippen molar-refractivity contribution in [1.29, 1.82) is 0 Å². The summed E-state index contributed by atoms with van der Waals surface area (Å²) in [5.74, 6) is 0.498. The summed E-state index contributed by atoms with van der Waals surface area (Å²) in [4.78, 5) is 4.68. The Balaban J connectivity index is 1.53. The molecule has 2 nitrogen and oxygen atoms in total. The minimum absolute atomic E-state index is 0.134. The highest BCUT2D eigenvalue weighted by atomic mass is 15.1. The highest BCUT2D eigenvalue weighted by molar-refractivity contribution is 6.01. The van der Waals surface area contributed by atoms with Crippen LogP contribution in [-0.4, -0.2) is 11.8 Å². The maximum atomic E-state index is 4.68. The Bertz CT molecular complexity index is 1200. The van der Waals surface area contributed by atoms with Gasteiger partial charge in [0.05, 0.1) is 6.04 Å². The van der Waals surface area contributed by atoms with Gasteiger partial charge < -0.3 is 0 Å². The van der Waals surface area contributed by atoms with E-state index in [-0.39, 0.29) is 17.9 Å². The lowest BCUT2D eigenvalue weighted by molar-refractivity contribution is 0.612. The van der Waals surface area contributed by atoms with Crippen LogP contribution in [0.2, 0.25) is 0 Å². The summed E-state index contributed by atoms with van der Waals surface area (Å²) in [6, 6.07) is 30.5. The van der Waals surface area contributed by atoms with Crippen molar-refractivity contribution in [3.63, 3.8) is 0 Å². The van der Waals surface area contributed by atoms with Crippen LogP contribution in [-0.2, 0) is 0 Å². The van der Waals surface area contributed by atoms with Crippen LogP contribution in [0.5, 0.6) is 0 Å². The minimum atomic E-state index is 0.134. The Morgan fingerprint density at radius 2 is 1.28 bits per heavy atom. The fourth-order valence-corrected chi connectivity index (χ4v) is 4.67. The Morgan fingerprint density at radius 1 is 0.724 bits per heavy atom. The number of fused-ring (bicyclic) bond motifs is 2. The number of benzene rings is 4. The first-order valence-corrected chi connectivity index (χ1v) is 10.3. The quantitative estimate of drug-likeness (QED) is 0.443. The molecule has 0 spiro atoms. The molecule has 0 aromatic heterocycles. The fourth-order valence-electron chi connectivity index (χ4n) is 4.67. The second kappa shape index (κ2) is 7.46. The van der Waals surface area contributed by atoms with Crippen molar-refractivity contribution in [3.8, 4) is 0 Å². The van der Waals surface area contributed by atoms with Crippen molar-refractivity contribution in [3.05, 3.63) is 103 Å². The standard InChI is InChI=1S/C27H24N2/c1-18(22-15-7-11-20-9-3-5-13-24(20)22)26-27(29-17-28-26)19(2)23-16-8-12-21-10-4-6-14-25(21)23/h3-16,18-19,26,28H,1-2H3/t18?,19?,26-/m1/s1. The lowest BCUT2D eigenvalue weighted by Crippen LogP contribution is -2.36. The van der Waals surface area contributed by atoms with Gasteiger partial charge in [0.1, 0.15) is 0 Å². The molecule has 0 aliphatic carbocycles. The summed E-state index contributed by atoms with van der Waals surface area (Å²) in [6.07, 6.45) is 0. The molecule has 1 N–H and O–H groups in total. The van der Waals surface area contributed by atoms with Gasteiger partial charge in [0.25, 0.3) is 0 Å². The SMILES string of the molecule is CC(C1=N[C]N[C@@H]1C(C)c1cccc2ccccc12)c1cccc2ccccc12. The maximum Gasteiger partial charge on any atom is 0.196 e. The molecular formula is C27H24N2. The molecule has 1 aliphatic heterocycles. The summed E-state index contributed by atoms with van der Waals surface area (Å²) < 4.78 is 0. The number of aliphatic imine (C=N–C) groups is 1. The highest BCUT2D eigenvalue weighted by Gasteiger charge is 2.32. The number of nitrogens with one attached hydrogen (secondary N) is 1. The van der Waals surface area contributed by atoms with Gasteiger partial charge in [-0.05, 0) is 32.7 Å². The molecule has 2 unspecified atom stereocenters. The van der Waals surface area contributed by atoms with Gasteiger partial charge in [0.2, 0.25) is 0 Å². The molecule has 0 bridgehead atoms. The van der Waals surface area contributed by atoms with Crippen molar-refractivity contribution < 1.29 is 0 Å². The monoisotopic (exact) mass is 376 g/mol. The molecule has 4 aromatic rings. The van der Waals surface area contributed by atoms with Gasteiger partial charge in [0, 0.05) is 17.5 Å². The molecule has 2 heteroatoms. The summed E-state index contributed by atoms with van der Waals surface area (Å²) in [5.41, 5.74) is 3.83. The Hall–Kier alpha value is -2.97. The van der Waals surface area contributed by atoms with E-state index in [2.05, 4.69) is 116 Å². The van der Waals surface area contributed by atoms with Crippen LogP contribution in [0.1, 0.15) is 36.8 Å². The van der Waals surface area contributed by atoms with E-state index < -0.39 is 0 Å². The minimum Gasteiger partial charge on any atom is -0.278 e. The number of nitrogens with zero attached hydrogens (tertiary/aromatic N) is 1. The van der Waals surface area contributed by atoms with E-state index in [1.54, 1.807) is 0 Å². The predicted molar refractivity (Wildman–Crippen MR) is 122 cm³/mol.